The van der Waals surface area contributed by atoms with Crippen LogP contribution in [0.4, 0.5) is 4.39 Å². The van der Waals surface area contributed by atoms with E-state index < -0.39 is 5.54 Å². The minimum absolute atomic E-state index is 0.123. The molecule has 0 saturated heterocycles. The third kappa shape index (κ3) is 31.8. The molecule has 0 saturated carbocycles. The predicted molar refractivity (Wildman–Crippen MR) is 203 cm³/mol. The molecular weight excluding hydrogens is 543 g/mol. The van der Waals surface area contributed by atoms with Gasteiger partial charge in [-0.2, -0.15) is 0 Å². The summed E-state index contributed by atoms with van der Waals surface area (Å²) in [6.07, 6.45) is 22.5. The fraction of sp³-hybridized carbons (Fsp3) is 0.564. The SMILES string of the molecule is C#CC(CNC(=C)C(=C)C(=NC)C(C)(N)CCC)C/C(C)=C(\C)F.C=C(CC/C=C/C=C/CC)NC.C=CC.CC.CCC. The van der Waals surface area contributed by atoms with E-state index in [9.17, 15) is 4.39 Å². The summed E-state index contributed by atoms with van der Waals surface area (Å²) in [4.78, 5) is 4.31. The highest BCUT2D eigenvalue weighted by atomic mass is 19.1. The van der Waals surface area contributed by atoms with Crippen LogP contribution in [-0.2, 0) is 0 Å². The Morgan fingerprint density at radius 1 is 1.09 bits per heavy atom. The van der Waals surface area contributed by atoms with E-state index in [0.717, 1.165) is 43.5 Å². The maximum absolute atomic E-state index is 13.2. The van der Waals surface area contributed by atoms with Crippen LogP contribution < -0.4 is 16.4 Å². The number of aliphatic imine (C=N–C) groups is 1. The summed E-state index contributed by atoms with van der Waals surface area (Å²) in [5.41, 5.74) is 9.62. The Kier molecular flexibility index (Phi) is 41.4. The zero-order chi connectivity index (χ0) is 35.6. The predicted octanol–water partition coefficient (Wildman–Crippen LogP) is 10.8. The van der Waals surface area contributed by atoms with E-state index in [4.69, 9.17) is 12.2 Å². The molecule has 0 heterocycles. The minimum atomic E-state index is -0.554. The Balaban J connectivity index is -0.000000210. The molecule has 4 nitrogen and oxygen atoms in total. The van der Waals surface area contributed by atoms with Gasteiger partial charge in [-0.1, -0.05) is 105 Å². The third-order valence-electron chi connectivity index (χ3n) is 5.71. The number of rotatable bonds is 16. The molecule has 0 aliphatic rings. The van der Waals surface area contributed by atoms with Crippen LogP contribution in [0.1, 0.15) is 114 Å². The molecule has 0 radical (unpaired) electrons. The van der Waals surface area contributed by atoms with Crippen LogP contribution in [0.3, 0.4) is 0 Å². The van der Waals surface area contributed by atoms with Crippen molar-refractivity contribution in [2.75, 3.05) is 20.6 Å². The first-order valence-corrected chi connectivity index (χ1v) is 16.1. The quantitative estimate of drug-likeness (QED) is 0.0701. The smallest absolute Gasteiger partial charge is 0.0958 e. The number of nitrogens with one attached hydrogen (secondary N) is 2. The standard InChI is InChI=1S/C20H32FN3.C11H19N.C3H8.C3H6.C2H6/c1-9-11-20(7,22)19(23-8)15(4)17(6)24-13-18(10-2)12-14(3)16(5)21;1-4-5-6-7-8-9-10-11(2)12-3;2*1-3-2;1-2/h2,18,24H,4,6,9,11-13,22H2,1,3,5,7-8H3;5-8,12H,2,4,9-10H2,1,3H3;3H2,1-2H3;3H,1H2,2H3;1-2H3/b16-14+,23-19?;6-5+,8-7+;;;. The lowest BCUT2D eigenvalue weighted by Gasteiger charge is -2.28. The second kappa shape index (κ2) is 36.1. The molecule has 0 aliphatic carbocycles. The molecule has 0 aromatic heterocycles. The summed E-state index contributed by atoms with van der Waals surface area (Å²) in [7, 11) is 3.61. The summed E-state index contributed by atoms with van der Waals surface area (Å²) in [6.45, 7) is 35.3. The largest absolute Gasteiger partial charge is 0.392 e. The van der Waals surface area contributed by atoms with E-state index in [-0.39, 0.29) is 11.7 Å². The van der Waals surface area contributed by atoms with E-state index in [1.165, 1.54) is 13.3 Å². The molecule has 2 unspecified atom stereocenters. The molecule has 0 spiro atoms. The summed E-state index contributed by atoms with van der Waals surface area (Å²) in [6, 6.07) is 0. The van der Waals surface area contributed by atoms with Crippen molar-refractivity contribution in [3.8, 4) is 12.3 Å². The van der Waals surface area contributed by atoms with Gasteiger partial charge in [-0.05, 0) is 65.4 Å². The average Bonchev–Trinajstić information content (AvgIpc) is 2.98. The molecule has 0 fully saturated rings. The van der Waals surface area contributed by atoms with E-state index in [0.29, 0.717) is 29.8 Å². The van der Waals surface area contributed by atoms with E-state index in [1.54, 1.807) is 20.0 Å². The molecule has 0 amide bonds. The van der Waals surface area contributed by atoms with Crippen LogP contribution in [0, 0.1) is 18.3 Å². The van der Waals surface area contributed by atoms with Gasteiger partial charge in [0.1, 0.15) is 0 Å². The van der Waals surface area contributed by atoms with Crippen molar-refractivity contribution in [2.24, 2.45) is 16.6 Å². The molecule has 4 N–H and O–H groups in total. The van der Waals surface area contributed by atoms with Gasteiger partial charge in [0.25, 0.3) is 0 Å². The van der Waals surface area contributed by atoms with Crippen molar-refractivity contribution in [1.29, 1.82) is 0 Å². The van der Waals surface area contributed by atoms with Crippen molar-refractivity contribution in [3.05, 3.63) is 85.1 Å². The van der Waals surface area contributed by atoms with Gasteiger partial charge in [0.15, 0.2) is 0 Å². The van der Waals surface area contributed by atoms with Crippen LogP contribution in [0.25, 0.3) is 0 Å². The average molecular weight is 615 g/mol. The first kappa shape index (κ1) is 50.5. The fourth-order valence-electron chi connectivity index (χ4n) is 3.34. The molecule has 0 rings (SSSR count). The lowest BCUT2D eigenvalue weighted by molar-refractivity contribution is 0.555. The summed E-state index contributed by atoms with van der Waals surface area (Å²) >= 11 is 0. The van der Waals surface area contributed by atoms with Crippen LogP contribution in [0.5, 0.6) is 0 Å². The highest BCUT2D eigenvalue weighted by Crippen LogP contribution is 2.20. The van der Waals surface area contributed by atoms with Gasteiger partial charge in [0.05, 0.1) is 17.1 Å². The number of nitrogens with two attached hydrogens (primary N) is 1. The van der Waals surface area contributed by atoms with Crippen molar-refractivity contribution >= 4 is 5.71 Å². The van der Waals surface area contributed by atoms with Gasteiger partial charge in [-0.3, -0.25) is 4.99 Å². The Morgan fingerprint density at radius 3 is 1.98 bits per heavy atom. The first-order valence-electron chi connectivity index (χ1n) is 16.1. The highest BCUT2D eigenvalue weighted by molar-refractivity contribution is 6.09. The molecule has 0 bridgehead atoms. The topological polar surface area (TPSA) is 62.4 Å². The summed E-state index contributed by atoms with van der Waals surface area (Å²) < 4.78 is 13.2. The zero-order valence-electron chi connectivity index (χ0n) is 30.9. The van der Waals surface area contributed by atoms with Gasteiger partial charge in [0.2, 0.25) is 0 Å². The van der Waals surface area contributed by atoms with Gasteiger partial charge < -0.3 is 16.4 Å². The van der Waals surface area contributed by atoms with Crippen LogP contribution in [-0.4, -0.2) is 31.9 Å². The monoisotopic (exact) mass is 615 g/mol. The molecule has 254 valence electrons. The number of terminal acetylenes is 1. The maximum atomic E-state index is 13.2. The van der Waals surface area contributed by atoms with Crippen molar-refractivity contribution < 1.29 is 4.39 Å². The Bertz CT molecular complexity index is 907. The van der Waals surface area contributed by atoms with Crippen molar-refractivity contribution in [1.82, 2.24) is 10.6 Å². The lowest BCUT2D eigenvalue weighted by atomic mass is 9.86. The van der Waals surface area contributed by atoms with E-state index in [1.807, 2.05) is 34.7 Å². The number of halogens is 1. The van der Waals surface area contributed by atoms with Gasteiger partial charge in [-0.25, -0.2) is 4.39 Å². The molecule has 44 heavy (non-hydrogen) atoms. The molecule has 0 aromatic rings. The van der Waals surface area contributed by atoms with Gasteiger partial charge in [0, 0.05) is 43.5 Å². The Labute approximate surface area is 274 Å². The summed E-state index contributed by atoms with van der Waals surface area (Å²) in [5.74, 6) is 2.38. The number of allylic oxidation sites excluding steroid dienone is 9. The Morgan fingerprint density at radius 2 is 1.59 bits per heavy atom. The van der Waals surface area contributed by atoms with Crippen molar-refractivity contribution in [2.45, 2.75) is 120 Å². The molecule has 0 aliphatic heterocycles. The number of hydrogen-bond donors (Lipinski definition) is 3. The van der Waals surface area contributed by atoms with Gasteiger partial charge in [-0.15, -0.1) is 18.9 Å². The van der Waals surface area contributed by atoms with E-state index >= 15 is 0 Å². The second-order valence-electron chi connectivity index (χ2n) is 10.2. The molecule has 5 heteroatoms. The molecule has 2 atom stereocenters. The van der Waals surface area contributed by atoms with Crippen LogP contribution in [0.15, 0.2) is 90.1 Å². The Hall–Kier alpha value is -3.10. The lowest BCUT2D eigenvalue weighted by Crippen LogP contribution is -2.46. The normalized spacial score (nSPS) is 12.9. The second-order valence-corrected chi connectivity index (χ2v) is 10.2. The van der Waals surface area contributed by atoms with Crippen molar-refractivity contribution in [3.63, 3.8) is 0 Å². The van der Waals surface area contributed by atoms with Gasteiger partial charge >= 0.3 is 0 Å². The summed E-state index contributed by atoms with van der Waals surface area (Å²) in [5, 5.41) is 6.21. The van der Waals surface area contributed by atoms with Crippen LogP contribution >= 0.6 is 0 Å². The minimum Gasteiger partial charge on any atom is -0.392 e. The molecular formula is C39H71FN4. The number of nitrogens with zero attached hydrogens (tertiary/aromatic N) is 1. The van der Waals surface area contributed by atoms with Crippen LogP contribution in [0.2, 0.25) is 0 Å². The number of hydrogen-bond acceptors (Lipinski definition) is 4. The highest BCUT2D eigenvalue weighted by Gasteiger charge is 2.27. The zero-order valence-corrected chi connectivity index (χ0v) is 30.9. The maximum Gasteiger partial charge on any atom is 0.0958 e. The fourth-order valence-corrected chi connectivity index (χ4v) is 3.34. The first-order chi connectivity index (χ1) is 20.7. The molecule has 0 aromatic carbocycles. The van der Waals surface area contributed by atoms with E-state index in [2.05, 4.69) is 99.9 Å². The third-order valence-corrected chi connectivity index (χ3v) is 5.71.